The van der Waals surface area contributed by atoms with Crippen LogP contribution in [-0.4, -0.2) is 22.8 Å². The second kappa shape index (κ2) is 11.0. The van der Waals surface area contributed by atoms with Gasteiger partial charge in [0.2, 0.25) is 8.32 Å². The van der Waals surface area contributed by atoms with E-state index in [4.69, 9.17) is 4.43 Å². The average molecular weight is 421 g/mol. The molecule has 156 valence electrons. The average Bonchev–Trinajstić information content (AvgIpc) is 2.63. The zero-order chi connectivity index (χ0) is 21.4. The number of rotatable bonds is 10. The van der Waals surface area contributed by atoms with Gasteiger partial charge >= 0.3 is 0 Å². The monoisotopic (exact) mass is 420 g/mol. The van der Waals surface area contributed by atoms with Gasteiger partial charge in [0, 0.05) is 11.8 Å². The zero-order valence-corrected chi connectivity index (χ0v) is 20.2. The van der Waals surface area contributed by atoms with Gasteiger partial charge in [0.1, 0.15) is 0 Å². The normalized spacial score (nSPS) is 13.9. The third-order valence-electron chi connectivity index (χ3n) is 5.34. The summed E-state index contributed by atoms with van der Waals surface area (Å²) in [5.74, 6) is 6.00. The fourth-order valence-corrected chi connectivity index (χ4v) is 10.7. The van der Waals surface area contributed by atoms with E-state index in [0.29, 0.717) is 34.4 Å². The Kier molecular flexibility index (Phi) is 9.69. The molecule has 1 unspecified atom stereocenters. The zero-order valence-electron chi connectivity index (χ0n) is 18.4. The molecule has 1 aromatic rings. The molecule has 3 nitrogen and oxygen atoms in total. The van der Waals surface area contributed by atoms with Crippen LogP contribution in [0, 0.1) is 11.8 Å². The van der Waals surface area contributed by atoms with Crippen LogP contribution >= 0.6 is 0 Å². The van der Waals surface area contributed by atoms with Crippen molar-refractivity contribution in [2.24, 2.45) is 0 Å². The third-order valence-corrected chi connectivity index (χ3v) is 12.9. The standard InChI is InChI=1S/C23H36O3SSi/c1-8-9-11-14-22(26-28(19(2)3,20(4)5)21(6)7)17-18-27(24,25)23-15-12-10-13-16-23/h10,12-13,15-22H,11,14H2,1-7H3/b18-17+. The quantitative estimate of drug-likeness (QED) is 0.328. The van der Waals surface area contributed by atoms with E-state index in [0.717, 1.165) is 0 Å². The highest BCUT2D eigenvalue weighted by atomic mass is 32.2. The van der Waals surface area contributed by atoms with Crippen LogP contribution in [0.3, 0.4) is 0 Å². The van der Waals surface area contributed by atoms with Gasteiger partial charge in [-0.1, -0.05) is 59.7 Å². The first-order valence-electron chi connectivity index (χ1n) is 10.1. The van der Waals surface area contributed by atoms with Crippen LogP contribution in [0.2, 0.25) is 16.6 Å². The molecule has 0 spiro atoms. The van der Waals surface area contributed by atoms with Crippen LogP contribution in [-0.2, 0) is 14.3 Å². The lowest BCUT2D eigenvalue weighted by atomic mass is 10.2. The van der Waals surface area contributed by atoms with Crippen LogP contribution in [0.1, 0.15) is 61.3 Å². The van der Waals surface area contributed by atoms with Gasteiger partial charge in [0.05, 0.1) is 11.0 Å². The first kappa shape index (κ1) is 24.7. The van der Waals surface area contributed by atoms with Crippen molar-refractivity contribution in [3.8, 4) is 11.8 Å². The SMILES string of the molecule is CC#CCCC(/C=C/S(=O)(=O)c1ccccc1)O[Si](C(C)C)(C(C)C)C(C)C. The highest BCUT2D eigenvalue weighted by molar-refractivity contribution is 7.94. The van der Waals surface area contributed by atoms with Gasteiger partial charge in [0.25, 0.3) is 0 Å². The predicted octanol–water partition coefficient (Wildman–Crippen LogP) is 6.34. The molecule has 0 aliphatic heterocycles. The highest BCUT2D eigenvalue weighted by Gasteiger charge is 2.46. The molecule has 0 saturated heterocycles. The molecule has 28 heavy (non-hydrogen) atoms. The highest BCUT2D eigenvalue weighted by Crippen LogP contribution is 2.43. The molecule has 1 aromatic carbocycles. The Hall–Kier alpha value is -1.35. The molecular formula is C23H36O3SSi. The molecule has 0 aliphatic carbocycles. The van der Waals surface area contributed by atoms with Gasteiger partial charge in [0.15, 0.2) is 9.84 Å². The van der Waals surface area contributed by atoms with Gasteiger partial charge in [-0.15, -0.1) is 11.8 Å². The van der Waals surface area contributed by atoms with Crippen molar-refractivity contribution < 1.29 is 12.8 Å². The molecule has 1 rings (SSSR count). The molecule has 0 fully saturated rings. The molecule has 5 heteroatoms. The van der Waals surface area contributed by atoms with E-state index in [1.165, 1.54) is 5.41 Å². The second-order valence-corrected chi connectivity index (χ2v) is 15.4. The van der Waals surface area contributed by atoms with Crippen molar-refractivity contribution in [2.75, 3.05) is 0 Å². The molecule has 0 heterocycles. The second-order valence-electron chi connectivity index (χ2n) is 8.13. The number of hydrogen-bond donors (Lipinski definition) is 0. The maximum absolute atomic E-state index is 12.7. The van der Waals surface area contributed by atoms with E-state index in [-0.39, 0.29) is 6.10 Å². The van der Waals surface area contributed by atoms with E-state index in [9.17, 15) is 8.42 Å². The van der Waals surface area contributed by atoms with E-state index >= 15 is 0 Å². The number of hydrogen-bond acceptors (Lipinski definition) is 3. The molecule has 0 aliphatic rings. The fraction of sp³-hybridized carbons (Fsp3) is 0.565. The lowest BCUT2D eigenvalue weighted by Crippen LogP contribution is -2.50. The summed E-state index contributed by atoms with van der Waals surface area (Å²) < 4.78 is 32.2. The van der Waals surface area contributed by atoms with Crippen molar-refractivity contribution in [3.05, 3.63) is 41.8 Å². The summed E-state index contributed by atoms with van der Waals surface area (Å²) >= 11 is 0. The van der Waals surface area contributed by atoms with Gasteiger partial charge < -0.3 is 4.43 Å². The summed E-state index contributed by atoms with van der Waals surface area (Å²) in [5, 5.41) is 1.31. The van der Waals surface area contributed by atoms with E-state index < -0.39 is 18.2 Å². The molecule has 0 bridgehead atoms. The summed E-state index contributed by atoms with van der Waals surface area (Å²) in [6.07, 6.45) is 2.87. The smallest absolute Gasteiger partial charge is 0.201 e. The van der Waals surface area contributed by atoms with E-state index in [1.807, 2.05) is 13.0 Å². The predicted molar refractivity (Wildman–Crippen MR) is 121 cm³/mol. The number of benzene rings is 1. The van der Waals surface area contributed by atoms with Gasteiger partial charge in [-0.3, -0.25) is 0 Å². The minimum absolute atomic E-state index is 0.252. The third kappa shape index (κ3) is 6.33. The van der Waals surface area contributed by atoms with Crippen molar-refractivity contribution >= 4 is 18.2 Å². The summed E-state index contributed by atoms with van der Waals surface area (Å²) in [4.78, 5) is 0.304. The van der Waals surface area contributed by atoms with Gasteiger partial charge in [-0.2, -0.15) is 0 Å². The molecule has 0 radical (unpaired) electrons. The van der Waals surface area contributed by atoms with Gasteiger partial charge in [-0.25, -0.2) is 8.42 Å². The molecular weight excluding hydrogens is 384 g/mol. The largest absolute Gasteiger partial charge is 0.410 e. The molecule has 0 saturated carbocycles. The van der Waals surface area contributed by atoms with Crippen LogP contribution < -0.4 is 0 Å². The molecule has 1 atom stereocenters. The van der Waals surface area contributed by atoms with Crippen LogP contribution in [0.4, 0.5) is 0 Å². The maximum atomic E-state index is 12.7. The first-order valence-corrected chi connectivity index (χ1v) is 13.8. The lowest BCUT2D eigenvalue weighted by Gasteiger charge is -2.44. The minimum Gasteiger partial charge on any atom is -0.410 e. The van der Waals surface area contributed by atoms with Crippen LogP contribution in [0.25, 0.3) is 0 Å². The summed E-state index contributed by atoms with van der Waals surface area (Å²) in [6, 6.07) is 8.52. The van der Waals surface area contributed by atoms with Crippen molar-refractivity contribution in [1.82, 2.24) is 0 Å². The van der Waals surface area contributed by atoms with E-state index in [2.05, 4.69) is 53.4 Å². The minimum atomic E-state index is -3.48. The topological polar surface area (TPSA) is 43.4 Å². The molecule has 0 amide bonds. The van der Waals surface area contributed by atoms with Crippen molar-refractivity contribution in [2.45, 2.75) is 88.9 Å². The Bertz CT molecular complexity index is 762. The Balaban J connectivity index is 3.22. The molecule has 0 aromatic heterocycles. The Labute approximate surface area is 173 Å². The Morgan fingerprint density at radius 1 is 1.00 bits per heavy atom. The summed E-state index contributed by atoms with van der Waals surface area (Å²) in [5.41, 5.74) is 1.31. The van der Waals surface area contributed by atoms with Crippen molar-refractivity contribution in [3.63, 3.8) is 0 Å². The first-order chi connectivity index (χ1) is 13.1. The van der Waals surface area contributed by atoms with Crippen molar-refractivity contribution in [1.29, 1.82) is 0 Å². The maximum Gasteiger partial charge on any atom is 0.201 e. The Morgan fingerprint density at radius 2 is 1.54 bits per heavy atom. The Morgan fingerprint density at radius 3 is 2.00 bits per heavy atom. The molecule has 0 N–H and O–H groups in total. The van der Waals surface area contributed by atoms with E-state index in [1.54, 1.807) is 30.3 Å². The summed E-state index contributed by atoms with van der Waals surface area (Å²) in [7, 11) is -5.60. The lowest BCUT2D eigenvalue weighted by molar-refractivity contribution is 0.208. The van der Waals surface area contributed by atoms with Gasteiger partial charge in [-0.05, 0) is 48.2 Å². The fourth-order valence-electron chi connectivity index (χ4n) is 4.08. The number of sulfone groups is 1. The summed E-state index contributed by atoms with van der Waals surface area (Å²) in [6.45, 7) is 15.2. The van der Waals surface area contributed by atoms with Crippen LogP contribution in [0.5, 0.6) is 0 Å². The van der Waals surface area contributed by atoms with Crippen LogP contribution in [0.15, 0.2) is 46.7 Å².